The van der Waals surface area contributed by atoms with Crippen LogP contribution in [0.3, 0.4) is 0 Å². The molecule has 0 aliphatic carbocycles. The molecule has 3 atom stereocenters. The number of fused-ring (bicyclic) bond motifs is 1. The minimum atomic E-state index is -0.567. The molecule has 0 aromatic heterocycles. The maximum Gasteiger partial charge on any atom is 0.311 e. The molecule has 12 N–H and O–H groups in total. The zero-order valence-corrected chi connectivity index (χ0v) is 82.4. The maximum atomic E-state index is 12.2. The van der Waals surface area contributed by atoms with E-state index in [0.717, 1.165) is 80.7 Å². The number of hydrogen-bond acceptors (Lipinski definition) is 22. The van der Waals surface area contributed by atoms with Gasteiger partial charge in [0.05, 0.1) is 62.1 Å². The summed E-state index contributed by atoms with van der Waals surface area (Å²) in [5.74, 6) is 0.0215. The van der Waals surface area contributed by atoms with Gasteiger partial charge in [-0.25, -0.2) is 0 Å². The number of rotatable bonds is 29. The van der Waals surface area contributed by atoms with Crippen LogP contribution < -0.4 is 26.6 Å². The fraction of sp³-hybridized carbons (Fsp3) is 0.560. The molecule has 6 aromatic rings. The fourth-order valence-corrected chi connectivity index (χ4v) is 8.10. The molecule has 6 aromatic carbocycles. The summed E-state index contributed by atoms with van der Waals surface area (Å²) in [6.07, 6.45) is 7.38. The largest absolute Gasteiger partial charge is 0.508 e. The quantitative estimate of drug-likeness (QED) is 0.0118. The SMILES string of the molecule is CCC(C)(C)C(=O)Nc1ccc(O)c2ccccc12.CCC(C)(C)C(=O)Nc1ccc(O)cc1.CCC(C)(C)C(=O)Nc1ccc(O)cc1.CCC(C)(C)C(=O)Nc1ccc(O)cc1.CCC(C)(C)C(=O)Nc1ccc(O)cc1.CCC(C)(C)C(=O)OC.CCC(C)(C)C(=O)OC.CCC(C)(C)C(=O)OC.CCC(C)C(=O)OCC(C)O.CCC(C)C(=O)OCCO. The Hall–Kier alpha value is -10.8. The van der Waals surface area contributed by atoms with Crippen LogP contribution in [0.1, 0.15) is 265 Å². The van der Waals surface area contributed by atoms with E-state index in [9.17, 15) is 53.1 Å². The Morgan fingerprint density at radius 1 is 0.315 bits per heavy atom. The van der Waals surface area contributed by atoms with Crippen molar-refractivity contribution in [3.05, 3.63) is 133 Å². The Bertz CT molecular complexity index is 3850. The van der Waals surface area contributed by atoms with E-state index in [0.29, 0.717) is 22.7 Å². The number of phenols is 5. The van der Waals surface area contributed by atoms with Crippen LogP contribution in [0.5, 0.6) is 28.7 Å². The van der Waals surface area contributed by atoms with Gasteiger partial charge in [-0.05, 0) is 222 Å². The third-order valence-corrected chi connectivity index (χ3v) is 21.8. The lowest BCUT2D eigenvalue weighted by atomic mass is 9.89. The number of aromatic hydroxyl groups is 5. The molecule has 3 unspecified atom stereocenters. The maximum absolute atomic E-state index is 12.2. The molecule has 0 heterocycles. The molecule has 0 spiro atoms. The Balaban J connectivity index is -0.000000669. The molecule has 0 aliphatic rings. The second kappa shape index (κ2) is 60.8. The van der Waals surface area contributed by atoms with E-state index in [4.69, 9.17) is 35.4 Å². The highest BCUT2D eigenvalue weighted by atomic mass is 16.6. The standard InChI is InChI=1S/C16H19NO2.4C12H17NO2.C8H16O3.C7H14O3.3C7H14O2/c1-4-16(2,3)15(19)17-13-9-10-14(18)12-8-6-5-7-11(12)13;4*1-4-12(2,3)11(15)13-9-5-7-10(14)8-6-9;1-4-6(2)8(10)11-5-7(3)9;1-3-6(2)7(9)10-5-4-8;3*1-5-7(2,3)6(8)9-4/h5-10,18H,4H2,1-3H3,(H,17,19);4*5-8,14H,4H2,1-3H3,(H,13,15);6-7,9H,4-5H2,1-3H3;6,8H,3-5H2,1-2H3;3*5H2,1-4H3. The molecule has 127 heavy (non-hydrogen) atoms. The molecule has 0 saturated heterocycles. The Kier molecular flexibility index (Phi) is 58.6. The molecule has 0 aliphatic heterocycles. The normalized spacial score (nSPS) is 11.7. The Labute approximate surface area is 758 Å². The summed E-state index contributed by atoms with van der Waals surface area (Å²) in [7, 11) is 4.25. The highest BCUT2D eigenvalue weighted by molar-refractivity contribution is 6.05. The van der Waals surface area contributed by atoms with Crippen molar-refractivity contribution >= 4 is 98.6 Å². The third-order valence-electron chi connectivity index (χ3n) is 21.8. The van der Waals surface area contributed by atoms with E-state index in [-0.39, 0.29) is 158 Å². The van der Waals surface area contributed by atoms with E-state index in [1.165, 1.54) is 21.3 Å². The monoisotopic (exact) mass is 1780 g/mol. The van der Waals surface area contributed by atoms with E-state index in [1.807, 2.05) is 211 Å². The summed E-state index contributed by atoms with van der Waals surface area (Å²) in [5.41, 5.74) is 0.778. The van der Waals surface area contributed by atoms with Gasteiger partial charge in [0.25, 0.3) is 0 Å². The second-order valence-corrected chi connectivity index (χ2v) is 35.5. The number of aliphatic hydroxyl groups excluding tert-OH is 2. The predicted molar refractivity (Wildman–Crippen MR) is 509 cm³/mol. The van der Waals surface area contributed by atoms with Gasteiger partial charge in [0.2, 0.25) is 29.5 Å². The van der Waals surface area contributed by atoms with Gasteiger partial charge in [-0.15, -0.1) is 0 Å². The van der Waals surface area contributed by atoms with Gasteiger partial charge in [-0.3, -0.25) is 47.9 Å². The Morgan fingerprint density at radius 3 is 0.748 bits per heavy atom. The van der Waals surface area contributed by atoms with E-state index >= 15 is 0 Å². The van der Waals surface area contributed by atoms with Gasteiger partial charge in [0.15, 0.2) is 0 Å². The highest BCUT2D eigenvalue weighted by Gasteiger charge is 2.32. The van der Waals surface area contributed by atoms with Crippen molar-refractivity contribution in [1.29, 1.82) is 0 Å². The molecule has 27 nitrogen and oxygen atoms in total. The van der Waals surface area contributed by atoms with Crippen molar-refractivity contribution in [2.24, 2.45) is 55.2 Å². The third kappa shape index (κ3) is 49.8. The van der Waals surface area contributed by atoms with Crippen LogP contribution in [0.4, 0.5) is 28.4 Å². The summed E-state index contributed by atoms with van der Waals surface area (Å²) in [6.45, 7) is 55.3. The number of benzene rings is 6. The number of phenolic OH excluding ortho intramolecular Hbond substituents is 5. The fourth-order valence-electron chi connectivity index (χ4n) is 8.10. The Morgan fingerprint density at radius 2 is 0.543 bits per heavy atom. The lowest BCUT2D eigenvalue weighted by Crippen LogP contribution is -2.30. The van der Waals surface area contributed by atoms with E-state index < -0.39 is 11.5 Å². The summed E-state index contributed by atoms with van der Waals surface area (Å²) >= 11 is 0. The van der Waals surface area contributed by atoms with Gasteiger partial charge in [0.1, 0.15) is 42.0 Å². The smallest absolute Gasteiger partial charge is 0.311 e. The highest BCUT2D eigenvalue weighted by Crippen LogP contribution is 2.34. The van der Waals surface area contributed by atoms with Crippen molar-refractivity contribution in [2.45, 2.75) is 271 Å². The van der Waals surface area contributed by atoms with Crippen LogP contribution in [0.25, 0.3) is 10.8 Å². The van der Waals surface area contributed by atoms with Gasteiger partial charge < -0.3 is 86.0 Å². The summed E-state index contributed by atoms with van der Waals surface area (Å²) in [6, 6.07) is 36.7. The summed E-state index contributed by atoms with van der Waals surface area (Å²) < 4.78 is 23.1. The number of hydrogen-bond donors (Lipinski definition) is 12. The lowest BCUT2D eigenvalue weighted by Gasteiger charge is -2.22. The van der Waals surface area contributed by atoms with Crippen molar-refractivity contribution in [1.82, 2.24) is 0 Å². The first-order valence-corrected chi connectivity index (χ1v) is 43.5. The van der Waals surface area contributed by atoms with Gasteiger partial charge in [0, 0.05) is 66.3 Å². The van der Waals surface area contributed by atoms with Crippen molar-refractivity contribution in [2.75, 3.05) is 67.7 Å². The average molecular weight is 1780 g/mol. The zero-order valence-electron chi connectivity index (χ0n) is 82.4. The number of amides is 5. The summed E-state index contributed by atoms with van der Waals surface area (Å²) in [5, 5.41) is 79.0. The van der Waals surface area contributed by atoms with Crippen molar-refractivity contribution in [3.8, 4) is 28.7 Å². The number of nitrogens with one attached hydrogen (secondary N) is 5. The first kappa shape index (κ1) is 122. The number of carbonyl (C=O) groups is 10. The molecule has 5 amide bonds. The van der Waals surface area contributed by atoms with Crippen molar-refractivity contribution in [3.63, 3.8) is 0 Å². The summed E-state index contributed by atoms with van der Waals surface area (Å²) in [4.78, 5) is 114. The first-order valence-electron chi connectivity index (χ1n) is 43.5. The zero-order chi connectivity index (χ0) is 99.3. The molecule has 0 bridgehead atoms. The van der Waals surface area contributed by atoms with Crippen LogP contribution in [0, 0.1) is 55.2 Å². The first-order chi connectivity index (χ1) is 58.7. The van der Waals surface area contributed by atoms with Crippen LogP contribution >= 0.6 is 0 Å². The van der Waals surface area contributed by atoms with E-state index in [2.05, 4.69) is 45.5 Å². The molecular weight excluding hydrogens is 1620 g/mol. The number of methoxy groups -OCH3 is 3. The van der Waals surface area contributed by atoms with Gasteiger partial charge in [-0.1, -0.05) is 177 Å². The van der Waals surface area contributed by atoms with Crippen LogP contribution in [-0.4, -0.2) is 142 Å². The average Bonchev–Trinajstić information content (AvgIpc) is 0.802. The minimum absolute atomic E-state index is 0.00399. The van der Waals surface area contributed by atoms with Crippen LogP contribution in [0.15, 0.2) is 133 Å². The van der Waals surface area contributed by atoms with Crippen LogP contribution in [-0.2, 0) is 71.6 Å². The number of anilines is 5. The molecule has 6 rings (SSSR count). The number of ether oxygens (including phenoxy) is 5. The second-order valence-electron chi connectivity index (χ2n) is 35.5. The lowest BCUT2D eigenvalue weighted by molar-refractivity contribution is -0.151. The van der Waals surface area contributed by atoms with Crippen molar-refractivity contribution < 1.29 is 107 Å². The molecule has 0 fully saturated rings. The number of aliphatic hydroxyl groups is 2. The molecule has 27 heteroatoms. The van der Waals surface area contributed by atoms with Crippen LogP contribution in [0.2, 0.25) is 0 Å². The predicted octanol–water partition coefficient (Wildman–Crippen LogP) is 21.3. The number of esters is 5. The molecule has 0 saturated carbocycles. The molecular formula is C100H159N5O22. The molecule has 716 valence electrons. The van der Waals surface area contributed by atoms with Gasteiger partial charge >= 0.3 is 29.8 Å². The molecule has 0 radical (unpaired) electrons. The minimum Gasteiger partial charge on any atom is -0.508 e. The van der Waals surface area contributed by atoms with E-state index in [1.54, 1.807) is 123 Å². The number of carbonyl (C=O) groups excluding carboxylic acids is 10. The topological polar surface area (TPSA) is 419 Å². The van der Waals surface area contributed by atoms with Gasteiger partial charge in [-0.2, -0.15) is 0 Å².